The fraction of sp³-hybridized carbons (Fsp3) is 0.136. The van der Waals surface area contributed by atoms with Crippen molar-refractivity contribution in [3.05, 3.63) is 77.6 Å². The summed E-state index contributed by atoms with van der Waals surface area (Å²) >= 11 is 0. The molecule has 154 valence electrons. The zero-order valence-corrected chi connectivity index (χ0v) is 16.7. The third-order valence-electron chi connectivity index (χ3n) is 4.69. The number of hydrogen-bond acceptors (Lipinski definition) is 7. The van der Waals surface area contributed by atoms with E-state index in [-0.39, 0.29) is 12.3 Å². The van der Waals surface area contributed by atoms with E-state index in [0.717, 1.165) is 5.56 Å². The van der Waals surface area contributed by atoms with Gasteiger partial charge in [0.1, 0.15) is 24.3 Å². The molecule has 0 radical (unpaired) electrons. The third-order valence-corrected chi connectivity index (χ3v) is 4.69. The van der Waals surface area contributed by atoms with Crippen LogP contribution in [0.4, 0.5) is 11.4 Å². The highest BCUT2D eigenvalue weighted by Crippen LogP contribution is 2.31. The Balaban J connectivity index is 1.58. The van der Waals surface area contributed by atoms with Gasteiger partial charge < -0.3 is 15.8 Å². The molecule has 3 aromatic heterocycles. The summed E-state index contributed by atoms with van der Waals surface area (Å²) in [5.41, 5.74) is 9.80. The Morgan fingerprint density at radius 2 is 2.23 bits per heavy atom. The van der Waals surface area contributed by atoms with Gasteiger partial charge in [0.2, 0.25) is 5.88 Å². The Labute approximate surface area is 178 Å². The minimum Gasteiger partial charge on any atom is -0.473 e. The van der Waals surface area contributed by atoms with Gasteiger partial charge in [-0.15, -0.1) is 0 Å². The van der Waals surface area contributed by atoms with Crippen molar-refractivity contribution < 1.29 is 9.53 Å². The van der Waals surface area contributed by atoms with E-state index in [9.17, 15) is 4.79 Å². The number of carbonyl (C=O) groups is 1. The van der Waals surface area contributed by atoms with Crippen LogP contribution in [0.15, 0.2) is 55.2 Å². The molecular weight excluding hydrogens is 394 g/mol. The summed E-state index contributed by atoms with van der Waals surface area (Å²) in [5, 5.41) is 11.9. The number of nitrogen functional groups attached to an aromatic ring is 1. The number of pyridine rings is 1. The number of nitriles is 1. The van der Waals surface area contributed by atoms with Crippen molar-refractivity contribution >= 4 is 22.9 Å². The summed E-state index contributed by atoms with van der Waals surface area (Å²) < 4.78 is 7.55. The molecule has 0 atom stereocenters. The lowest BCUT2D eigenvalue weighted by Crippen LogP contribution is -2.16. The molecule has 0 aliphatic heterocycles. The van der Waals surface area contributed by atoms with Crippen LogP contribution >= 0.6 is 0 Å². The lowest BCUT2D eigenvalue weighted by atomic mass is 10.1. The molecule has 9 nitrogen and oxygen atoms in total. The highest BCUT2D eigenvalue weighted by molar-refractivity contribution is 6.05. The van der Waals surface area contributed by atoms with Gasteiger partial charge in [-0.3, -0.25) is 9.20 Å². The maximum absolute atomic E-state index is 12.8. The first kappa shape index (κ1) is 19.8. The van der Waals surface area contributed by atoms with E-state index in [2.05, 4.69) is 26.3 Å². The van der Waals surface area contributed by atoms with Crippen LogP contribution in [0.25, 0.3) is 5.65 Å². The quantitative estimate of drug-likeness (QED) is 0.497. The first-order valence-corrected chi connectivity index (χ1v) is 9.58. The van der Waals surface area contributed by atoms with E-state index in [1.165, 1.54) is 6.20 Å². The van der Waals surface area contributed by atoms with Crippen LogP contribution in [0.1, 0.15) is 34.1 Å². The first-order chi connectivity index (χ1) is 15.1. The number of nitrogens with zero attached hydrogens (tertiary/aromatic N) is 5. The van der Waals surface area contributed by atoms with Gasteiger partial charge in [-0.05, 0) is 30.2 Å². The second-order valence-electron chi connectivity index (χ2n) is 6.75. The second-order valence-corrected chi connectivity index (χ2v) is 6.75. The number of fused-ring (bicyclic) bond motifs is 1. The fourth-order valence-corrected chi connectivity index (χ4v) is 3.16. The summed E-state index contributed by atoms with van der Waals surface area (Å²) in [4.78, 5) is 25.4. The van der Waals surface area contributed by atoms with Crippen molar-refractivity contribution in [3.8, 4) is 11.9 Å². The van der Waals surface area contributed by atoms with Gasteiger partial charge in [0.05, 0.1) is 29.2 Å². The lowest BCUT2D eigenvalue weighted by Gasteiger charge is -2.16. The predicted octanol–water partition coefficient (Wildman–Crippen LogP) is 2.97. The van der Waals surface area contributed by atoms with Gasteiger partial charge in [-0.2, -0.15) is 5.26 Å². The molecule has 0 bridgehead atoms. The molecule has 0 saturated carbocycles. The van der Waals surface area contributed by atoms with Crippen molar-refractivity contribution in [2.75, 3.05) is 11.1 Å². The van der Waals surface area contributed by atoms with E-state index < -0.39 is 5.91 Å². The average Bonchev–Trinajstić information content (AvgIpc) is 3.24. The molecule has 1 aromatic carbocycles. The molecule has 0 unspecified atom stereocenters. The topological polar surface area (TPSA) is 131 Å². The van der Waals surface area contributed by atoms with Crippen LogP contribution in [0.5, 0.6) is 5.88 Å². The SMILES string of the molecule is CCc1c(OCc2cccc(C#N)c2)ncc(N)c1NC(=O)c1cn2cnccc2n1. The van der Waals surface area contributed by atoms with Gasteiger partial charge in [0, 0.05) is 18.0 Å². The van der Waals surface area contributed by atoms with E-state index >= 15 is 0 Å². The number of imidazole rings is 1. The summed E-state index contributed by atoms with van der Waals surface area (Å²) in [5.74, 6) is -0.0301. The van der Waals surface area contributed by atoms with Gasteiger partial charge >= 0.3 is 0 Å². The van der Waals surface area contributed by atoms with E-state index in [1.807, 2.05) is 13.0 Å². The molecule has 31 heavy (non-hydrogen) atoms. The zero-order valence-electron chi connectivity index (χ0n) is 16.7. The van der Waals surface area contributed by atoms with E-state index in [1.54, 1.807) is 47.4 Å². The number of carbonyl (C=O) groups excluding carboxylic acids is 1. The molecule has 3 N–H and O–H groups in total. The number of aromatic nitrogens is 4. The highest BCUT2D eigenvalue weighted by atomic mass is 16.5. The molecule has 1 amide bonds. The highest BCUT2D eigenvalue weighted by Gasteiger charge is 2.18. The number of hydrogen-bond donors (Lipinski definition) is 2. The number of amides is 1. The maximum atomic E-state index is 12.8. The molecule has 4 aromatic rings. The summed E-state index contributed by atoms with van der Waals surface area (Å²) in [7, 11) is 0. The average molecular weight is 413 g/mol. The van der Waals surface area contributed by atoms with Crippen LogP contribution in [0.2, 0.25) is 0 Å². The minimum atomic E-state index is -0.399. The molecular formula is C22H19N7O2. The maximum Gasteiger partial charge on any atom is 0.275 e. The zero-order chi connectivity index (χ0) is 21.8. The van der Waals surface area contributed by atoms with Gasteiger partial charge in [-0.25, -0.2) is 15.0 Å². The molecule has 3 heterocycles. The summed E-state index contributed by atoms with van der Waals surface area (Å²) in [6.45, 7) is 2.15. The smallest absolute Gasteiger partial charge is 0.275 e. The van der Waals surface area contributed by atoms with Gasteiger partial charge in [-0.1, -0.05) is 19.1 Å². The summed E-state index contributed by atoms with van der Waals surface area (Å²) in [6, 6.07) is 11.0. The Hall–Kier alpha value is -4.45. The van der Waals surface area contributed by atoms with Crippen LogP contribution in [0.3, 0.4) is 0 Å². The van der Waals surface area contributed by atoms with Crippen molar-refractivity contribution in [1.29, 1.82) is 5.26 Å². The van der Waals surface area contributed by atoms with Crippen LogP contribution in [0, 0.1) is 11.3 Å². The standard InChI is InChI=1S/C22H19N7O2/c1-2-16-20(28-21(30)18-11-29-13-25-7-6-19(29)27-18)17(24)10-26-22(16)31-12-15-5-3-4-14(8-15)9-23/h3-8,10-11,13H,2,12,24H2,1H3,(H,26,28,30). The fourth-order valence-electron chi connectivity index (χ4n) is 3.16. The van der Waals surface area contributed by atoms with Gasteiger partial charge in [0.25, 0.3) is 5.91 Å². The van der Waals surface area contributed by atoms with E-state index in [0.29, 0.717) is 40.4 Å². The van der Waals surface area contributed by atoms with Crippen LogP contribution in [-0.4, -0.2) is 25.3 Å². The third kappa shape index (κ3) is 4.13. The first-order valence-electron chi connectivity index (χ1n) is 9.58. The van der Waals surface area contributed by atoms with Gasteiger partial charge in [0.15, 0.2) is 0 Å². The molecule has 4 rings (SSSR count). The molecule has 0 aliphatic rings. The lowest BCUT2D eigenvalue weighted by molar-refractivity contribution is 0.102. The Morgan fingerprint density at radius 1 is 1.35 bits per heavy atom. The molecule has 0 spiro atoms. The summed E-state index contributed by atoms with van der Waals surface area (Å²) in [6.07, 6.45) is 6.76. The predicted molar refractivity (Wildman–Crippen MR) is 114 cm³/mol. The van der Waals surface area contributed by atoms with Crippen molar-refractivity contribution in [1.82, 2.24) is 19.4 Å². The monoisotopic (exact) mass is 413 g/mol. The number of ether oxygens (including phenoxy) is 1. The Bertz CT molecular complexity index is 1270. The van der Waals surface area contributed by atoms with Crippen molar-refractivity contribution in [2.45, 2.75) is 20.0 Å². The number of nitrogens with two attached hydrogens (primary N) is 1. The van der Waals surface area contributed by atoms with Crippen LogP contribution in [-0.2, 0) is 13.0 Å². The second kappa shape index (κ2) is 8.51. The normalized spacial score (nSPS) is 10.6. The number of nitrogens with one attached hydrogen (secondary N) is 1. The van der Waals surface area contributed by atoms with Crippen molar-refractivity contribution in [2.24, 2.45) is 0 Å². The Kier molecular flexibility index (Phi) is 5.45. The van der Waals surface area contributed by atoms with Crippen molar-refractivity contribution in [3.63, 3.8) is 0 Å². The minimum absolute atomic E-state index is 0.228. The van der Waals surface area contributed by atoms with E-state index in [4.69, 9.17) is 15.7 Å². The number of anilines is 2. The van der Waals surface area contributed by atoms with Crippen LogP contribution < -0.4 is 15.8 Å². The molecule has 0 saturated heterocycles. The molecule has 0 aliphatic carbocycles. The molecule has 9 heteroatoms. The largest absolute Gasteiger partial charge is 0.473 e. The number of rotatable bonds is 6. The Morgan fingerprint density at radius 3 is 3.00 bits per heavy atom. The molecule has 0 fully saturated rings. The number of benzene rings is 1.